The van der Waals surface area contributed by atoms with Gasteiger partial charge in [0, 0.05) is 18.7 Å². The van der Waals surface area contributed by atoms with Crippen LogP contribution in [0, 0.1) is 0 Å². The van der Waals surface area contributed by atoms with E-state index in [1.165, 1.54) is 58.9 Å². The molecular formula is C24H22F3N3O4S2. The molecule has 4 rings (SSSR count). The molecule has 0 radical (unpaired) electrons. The van der Waals surface area contributed by atoms with Crippen LogP contribution >= 0.6 is 11.3 Å². The van der Waals surface area contributed by atoms with E-state index in [9.17, 15) is 26.4 Å². The van der Waals surface area contributed by atoms with Gasteiger partial charge in [-0.3, -0.25) is 9.69 Å². The van der Waals surface area contributed by atoms with Gasteiger partial charge in [0.15, 0.2) is 5.13 Å². The summed E-state index contributed by atoms with van der Waals surface area (Å²) < 4.78 is 72.9. The van der Waals surface area contributed by atoms with Crippen molar-refractivity contribution in [3.63, 3.8) is 0 Å². The van der Waals surface area contributed by atoms with E-state index in [2.05, 4.69) is 4.98 Å². The number of thiazole rings is 1. The van der Waals surface area contributed by atoms with Crippen LogP contribution in [-0.4, -0.2) is 36.7 Å². The normalized spacial score (nSPS) is 12.6. The molecule has 0 unspecified atom stereocenters. The van der Waals surface area contributed by atoms with E-state index in [0.717, 1.165) is 17.4 Å². The summed E-state index contributed by atoms with van der Waals surface area (Å²) in [5, 5.41) is 0.0549. The number of amides is 1. The molecule has 0 aliphatic rings. The molecule has 0 saturated heterocycles. The number of para-hydroxylation sites is 1. The molecule has 7 nitrogen and oxygen atoms in total. The van der Waals surface area contributed by atoms with E-state index in [0.29, 0.717) is 5.76 Å². The number of alkyl halides is 3. The second kappa shape index (κ2) is 9.68. The van der Waals surface area contributed by atoms with Crippen LogP contribution in [0.25, 0.3) is 10.2 Å². The quantitative estimate of drug-likeness (QED) is 0.298. The van der Waals surface area contributed by atoms with Crippen LogP contribution in [-0.2, 0) is 22.7 Å². The fraction of sp³-hybridized carbons (Fsp3) is 0.250. The van der Waals surface area contributed by atoms with Gasteiger partial charge in [0.05, 0.1) is 33.5 Å². The molecule has 4 aromatic rings. The lowest BCUT2D eigenvalue weighted by atomic mass is 10.2. The Labute approximate surface area is 209 Å². The Morgan fingerprint density at radius 1 is 1.08 bits per heavy atom. The van der Waals surface area contributed by atoms with Crippen molar-refractivity contribution in [3.8, 4) is 0 Å². The van der Waals surface area contributed by atoms with Crippen molar-refractivity contribution in [1.29, 1.82) is 0 Å². The predicted molar refractivity (Wildman–Crippen MR) is 130 cm³/mol. The topological polar surface area (TPSA) is 83.7 Å². The maximum absolute atomic E-state index is 13.5. The van der Waals surface area contributed by atoms with E-state index in [1.54, 1.807) is 26.0 Å². The van der Waals surface area contributed by atoms with Gasteiger partial charge >= 0.3 is 6.18 Å². The zero-order valence-corrected chi connectivity index (χ0v) is 21.1. The van der Waals surface area contributed by atoms with Crippen LogP contribution in [0.1, 0.15) is 35.5 Å². The smallest absolute Gasteiger partial charge is 0.418 e. The number of rotatable bonds is 7. The van der Waals surface area contributed by atoms with Crippen molar-refractivity contribution in [2.75, 3.05) is 11.9 Å². The molecule has 0 bridgehead atoms. The van der Waals surface area contributed by atoms with Crippen molar-refractivity contribution >= 4 is 42.6 Å². The first-order chi connectivity index (χ1) is 16.9. The van der Waals surface area contributed by atoms with E-state index >= 15 is 0 Å². The Morgan fingerprint density at radius 3 is 2.36 bits per heavy atom. The lowest BCUT2D eigenvalue weighted by molar-refractivity contribution is -0.136. The van der Waals surface area contributed by atoms with Crippen molar-refractivity contribution in [2.24, 2.45) is 0 Å². The zero-order valence-electron chi connectivity index (χ0n) is 19.5. The van der Waals surface area contributed by atoms with E-state index in [-0.39, 0.29) is 38.4 Å². The molecule has 2 aromatic heterocycles. The highest BCUT2D eigenvalue weighted by Gasteiger charge is 2.34. The first kappa shape index (κ1) is 25.9. The fourth-order valence-corrected chi connectivity index (χ4v) is 5.79. The number of aromatic nitrogens is 1. The minimum Gasteiger partial charge on any atom is -0.467 e. The average Bonchev–Trinajstić information content (AvgIpc) is 3.50. The summed E-state index contributed by atoms with van der Waals surface area (Å²) >= 11 is 0.945. The highest BCUT2D eigenvalue weighted by atomic mass is 32.2. The third-order valence-electron chi connectivity index (χ3n) is 5.59. The van der Waals surface area contributed by atoms with Crippen molar-refractivity contribution in [1.82, 2.24) is 9.29 Å². The Hall–Kier alpha value is -3.22. The number of carbonyl (C=O) groups is 1. The molecule has 12 heteroatoms. The van der Waals surface area contributed by atoms with Gasteiger partial charge in [-0.1, -0.05) is 17.4 Å². The summed E-state index contributed by atoms with van der Waals surface area (Å²) in [6.07, 6.45) is -3.19. The van der Waals surface area contributed by atoms with Gasteiger partial charge in [-0.25, -0.2) is 13.4 Å². The van der Waals surface area contributed by atoms with E-state index < -0.39 is 27.7 Å². The minimum atomic E-state index is -4.61. The molecule has 0 aliphatic carbocycles. The summed E-state index contributed by atoms with van der Waals surface area (Å²) in [6.45, 7) is 3.40. The third-order valence-corrected chi connectivity index (χ3v) is 8.68. The Morgan fingerprint density at radius 2 is 1.78 bits per heavy atom. The maximum Gasteiger partial charge on any atom is 0.418 e. The molecule has 190 valence electrons. The van der Waals surface area contributed by atoms with E-state index in [1.807, 2.05) is 0 Å². The van der Waals surface area contributed by atoms with Crippen molar-refractivity contribution < 1.29 is 30.8 Å². The third kappa shape index (κ3) is 5.01. The van der Waals surface area contributed by atoms with Crippen molar-refractivity contribution in [2.45, 2.75) is 37.5 Å². The molecule has 0 saturated carbocycles. The number of hydrogen-bond donors (Lipinski definition) is 0. The molecule has 0 N–H and O–H groups in total. The molecule has 1 amide bonds. The standard InChI is InChI=1S/C24H22F3N3O4S2/c1-15(2)29(3)36(32,33)18-11-9-16(10-12-18)22(31)30(14-17-6-5-13-34-17)23-28-21-19(24(25,26)27)7-4-8-20(21)35-23/h4-13,15H,14H2,1-3H3. The number of fused-ring (bicyclic) bond motifs is 1. The SMILES string of the molecule is CC(C)N(C)S(=O)(=O)c1ccc(C(=O)N(Cc2ccco2)c2nc3c(C(F)(F)F)cccc3s2)cc1. The van der Waals surface area contributed by atoms with Gasteiger partial charge in [-0.15, -0.1) is 0 Å². The van der Waals surface area contributed by atoms with Gasteiger partial charge in [-0.05, 0) is 62.4 Å². The number of sulfonamides is 1. The van der Waals surface area contributed by atoms with Crippen LogP contribution in [0.4, 0.5) is 18.3 Å². The van der Waals surface area contributed by atoms with Crippen LogP contribution in [0.2, 0.25) is 0 Å². The first-order valence-corrected chi connectivity index (χ1v) is 13.0. The number of hydrogen-bond acceptors (Lipinski definition) is 6. The molecule has 0 aliphatic heterocycles. The largest absolute Gasteiger partial charge is 0.467 e. The molecule has 2 heterocycles. The fourth-order valence-electron chi connectivity index (χ4n) is 3.43. The lowest BCUT2D eigenvalue weighted by Crippen LogP contribution is -2.33. The van der Waals surface area contributed by atoms with Gasteiger partial charge < -0.3 is 4.42 Å². The number of furan rings is 1. The van der Waals surface area contributed by atoms with Crippen LogP contribution in [0.15, 0.2) is 70.2 Å². The van der Waals surface area contributed by atoms with E-state index in [4.69, 9.17) is 4.42 Å². The molecule has 0 spiro atoms. The zero-order chi connectivity index (χ0) is 26.3. The second-order valence-electron chi connectivity index (χ2n) is 8.26. The number of benzene rings is 2. The van der Waals surface area contributed by atoms with Gasteiger partial charge in [-0.2, -0.15) is 17.5 Å². The average molecular weight is 538 g/mol. The minimum absolute atomic E-state index is 0.0163. The van der Waals surface area contributed by atoms with Gasteiger partial charge in [0.2, 0.25) is 10.0 Å². The second-order valence-corrected chi connectivity index (χ2v) is 11.3. The van der Waals surface area contributed by atoms with Crippen LogP contribution in [0.5, 0.6) is 0 Å². The number of nitrogens with zero attached hydrogens (tertiary/aromatic N) is 3. The summed E-state index contributed by atoms with van der Waals surface area (Å²) in [5.74, 6) is -0.170. The molecule has 2 aromatic carbocycles. The monoisotopic (exact) mass is 537 g/mol. The highest BCUT2D eigenvalue weighted by molar-refractivity contribution is 7.89. The molecule has 0 atom stereocenters. The maximum atomic E-state index is 13.5. The number of halogens is 3. The van der Waals surface area contributed by atoms with Gasteiger partial charge in [0.25, 0.3) is 5.91 Å². The Kier molecular flexibility index (Phi) is 6.95. The van der Waals surface area contributed by atoms with Crippen molar-refractivity contribution in [3.05, 3.63) is 77.7 Å². The Bertz CT molecular complexity index is 1480. The number of carbonyl (C=O) groups excluding carboxylic acids is 1. The van der Waals surface area contributed by atoms with Gasteiger partial charge in [0.1, 0.15) is 5.76 Å². The summed E-state index contributed by atoms with van der Waals surface area (Å²) in [7, 11) is -2.29. The highest BCUT2D eigenvalue weighted by Crippen LogP contribution is 2.39. The number of anilines is 1. The van der Waals surface area contributed by atoms with Crippen LogP contribution in [0.3, 0.4) is 0 Å². The lowest BCUT2D eigenvalue weighted by Gasteiger charge is -2.21. The molecular weight excluding hydrogens is 515 g/mol. The Balaban J connectivity index is 1.74. The summed E-state index contributed by atoms with van der Waals surface area (Å²) in [6, 6.07) is 12.1. The first-order valence-electron chi connectivity index (χ1n) is 10.8. The van der Waals surface area contributed by atoms with Crippen LogP contribution < -0.4 is 4.90 Å². The summed E-state index contributed by atoms with van der Waals surface area (Å²) in [4.78, 5) is 18.9. The molecule has 36 heavy (non-hydrogen) atoms. The summed E-state index contributed by atoms with van der Waals surface area (Å²) in [5.41, 5.74) is -1.000. The predicted octanol–water partition coefficient (Wildman–Crippen LogP) is 5.78. The molecule has 0 fully saturated rings.